The molecular formula is C12H9IN2O5. The van der Waals surface area contributed by atoms with Gasteiger partial charge in [0.05, 0.1) is 3.57 Å². The highest BCUT2D eigenvalue weighted by Crippen LogP contribution is 2.23. The summed E-state index contributed by atoms with van der Waals surface area (Å²) >= 11 is 1.99. The summed E-state index contributed by atoms with van der Waals surface area (Å²) in [5, 5.41) is 13.0. The van der Waals surface area contributed by atoms with Gasteiger partial charge in [0.1, 0.15) is 11.4 Å². The third-order valence-electron chi connectivity index (χ3n) is 2.34. The van der Waals surface area contributed by atoms with Gasteiger partial charge in [-0.1, -0.05) is 6.07 Å². The first-order valence-electron chi connectivity index (χ1n) is 5.44. The number of imide groups is 1. The van der Waals surface area contributed by atoms with Gasteiger partial charge in [0.15, 0.2) is 6.61 Å². The van der Waals surface area contributed by atoms with Gasteiger partial charge in [-0.25, -0.2) is 9.59 Å². The van der Waals surface area contributed by atoms with E-state index >= 15 is 0 Å². The summed E-state index contributed by atoms with van der Waals surface area (Å²) in [5.74, 6) is -1.11. The van der Waals surface area contributed by atoms with Gasteiger partial charge in [-0.2, -0.15) is 0 Å². The van der Waals surface area contributed by atoms with Gasteiger partial charge < -0.3 is 15.2 Å². The Hall–Kier alpha value is -2.10. The highest BCUT2D eigenvalue weighted by Gasteiger charge is 2.22. The molecule has 0 radical (unpaired) electrons. The Labute approximate surface area is 127 Å². The van der Waals surface area contributed by atoms with E-state index in [0.29, 0.717) is 14.9 Å². The maximum absolute atomic E-state index is 11.4. The van der Waals surface area contributed by atoms with Crippen LogP contribution in [0, 0.1) is 3.57 Å². The Morgan fingerprint density at radius 1 is 1.35 bits per heavy atom. The van der Waals surface area contributed by atoms with Crippen LogP contribution in [0.25, 0.3) is 6.08 Å². The van der Waals surface area contributed by atoms with Crippen molar-refractivity contribution in [2.75, 3.05) is 6.61 Å². The Balaban J connectivity index is 2.17. The van der Waals surface area contributed by atoms with Gasteiger partial charge in [0, 0.05) is 0 Å². The molecule has 0 aromatic heterocycles. The van der Waals surface area contributed by atoms with Crippen LogP contribution in [0.15, 0.2) is 23.9 Å². The number of aliphatic carboxylic acids is 1. The normalized spacial score (nSPS) is 15.9. The van der Waals surface area contributed by atoms with Crippen LogP contribution in [0.1, 0.15) is 5.56 Å². The average Bonchev–Trinajstić information content (AvgIpc) is 2.66. The van der Waals surface area contributed by atoms with Gasteiger partial charge in [0.25, 0.3) is 5.91 Å². The van der Waals surface area contributed by atoms with Crippen molar-refractivity contribution in [3.63, 3.8) is 0 Å². The quantitative estimate of drug-likeness (QED) is 0.405. The largest absolute Gasteiger partial charge is 0.481 e. The predicted molar refractivity (Wildman–Crippen MR) is 76.9 cm³/mol. The Kier molecular flexibility index (Phi) is 4.23. The van der Waals surface area contributed by atoms with Crippen molar-refractivity contribution < 1.29 is 24.2 Å². The van der Waals surface area contributed by atoms with Crippen LogP contribution in [-0.2, 0) is 9.59 Å². The summed E-state index contributed by atoms with van der Waals surface area (Å²) in [5.41, 5.74) is 0.842. The number of urea groups is 1. The van der Waals surface area contributed by atoms with E-state index in [0.717, 1.165) is 0 Å². The van der Waals surface area contributed by atoms with Crippen molar-refractivity contribution in [1.82, 2.24) is 10.6 Å². The summed E-state index contributed by atoms with van der Waals surface area (Å²) in [6.07, 6.45) is 1.52. The van der Waals surface area contributed by atoms with Crippen LogP contribution in [0.5, 0.6) is 5.75 Å². The second-order valence-electron chi connectivity index (χ2n) is 3.84. The Morgan fingerprint density at radius 2 is 2.10 bits per heavy atom. The van der Waals surface area contributed by atoms with Gasteiger partial charge in [0.2, 0.25) is 0 Å². The molecule has 3 N–H and O–H groups in total. The van der Waals surface area contributed by atoms with Crippen molar-refractivity contribution in [3.8, 4) is 5.75 Å². The van der Waals surface area contributed by atoms with Crippen LogP contribution in [0.2, 0.25) is 0 Å². The SMILES string of the molecule is O=C(O)COc1ccc(/C=C2\NC(=O)NC2=O)cc1I. The molecular weight excluding hydrogens is 379 g/mol. The fourth-order valence-electron chi connectivity index (χ4n) is 1.51. The van der Waals surface area contributed by atoms with E-state index in [4.69, 9.17) is 9.84 Å². The lowest BCUT2D eigenvalue weighted by molar-refractivity contribution is -0.139. The van der Waals surface area contributed by atoms with Crippen molar-refractivity contribution >= 4 is 46.6 Å². The van der Waals surface area contributed by atoms with Crippen molar-refractivity contribution in [1.29, 1.82) is 0 Å². The number of hydrogen-bond donors (Lipinski definition) is 3. The van der Waals surface area contributed by atoms with E-state index in [9.17, 15) is 14.4 Å². The van der Waals surface area contributed by atoms with E-state index in [1.807, 2.05) is 22.6 Å². The molecule has 20 heavy (non-hydrogen) atoms. The topological polar surface area (TPSA) is 105 Å². The van der Waals surface area contributed by atoms with Gasteiger partial charge in [-0.15, -0.1) is 0 Å². The molecule has 0 spiro atoms. The lowest BCUT2D eigenvalue weighted by atomic mass is 10.2. The molecule has 1 aliphatic rings. The standard InChI is InChI=1S/C12H9IN2O5/c13-7-3-6(1-2-9(7)20-5-10(16)17)4-8-11(18)15-12(19)14-8/h1-4H,5H2,(H,16,17)(H2,14,15,18,19)/b8-4-. The van der Waals surface area contributed by atoms with Crippen LogP contribution in [0.4, 0.5) is 4.79 Å². The molecule has 104 valence electrons. The lowest BCUT2D eigenvalue weighted by Gasteiger charge is -2.06. The number of amides is 3. The van der Waals surface area contributed by atoms with Gasteiger partial charge in [-0.05, 0) is 46.4 Å². The molecule has 0 aliphatic carbocycles. The first-order chi connectivity index (χ1) is 9.45. The molecule has 1 aromatic rings. The Bertz CT molecular complexity index is 626. The second-order valence-corrected chi connectivity index (χ2v) is 5.00. The maximum Gasteiger partial charge on any atom is 0.341 e. The van der Waals surface area contributed by atoms with Crippen molar-refractivity contribution in [3.05, 3.63) is 33.0 Å². The first kappa shape index (κ1) is 14.3. The second kappa shape index (κ2) is 5.90. The van der Waals surface area contributed by atoms with Gasteiger partial charge in [-0.3, -0.25) is 10.1 Å². The smallest absolute Gasteiger partial charge is 0.341 e. The fraction of sp³-hybridized carbons (Fsp3) is 0.0833. The van der Waals surface area contributed by atoms with Crippen molar-refractivity contribution in [2.45, 2.75) is 0 Å². The molecule has 1 aliphatic heterocycles. The molecule has 8 heteroatoms. The third-order valence-corrected chi connectivity index (χ3v) is 3.18. The lowest BCUT2D eigenvalue weighted by Crippen LogP contribution is -2.22. The molecule has 7 nitrogen and oxygen atoms in total. The highest BCUT2D eigenvalue weighted by atomic mass is 127. The highest BCUT2D eigenvalue weighted by molar-refractivity contribution is 14.1. The van der Waals surface area contributed by atoms with E-state index in [2.05, 4.69) is 10.6 Å². The maximum atomic E-state index is 11.4. The number of rotatable bonds is 4. The van der Waals surface area contributed by atoms with Crippen LogP contribution in [0.3, 0.4) is 0 Å². The molecule has 2 rings (SSSR count). The summed E-state index contributed by atoms with van der Waals surface area (Å²) in [4.78, 5) is 32.8. The molecule has 1 heterocycles. The molecule has 0 saturated carbocycles. The van der Waals surface area contributed by atoms with E-state index in [-0.39, 0.29) is 5.70 Å². The third kappa shape index (κ3) is 3.47. The minimum absolute atomic E-state index is 0.157. The van der Waals surface area contributed by atoms with Crippen LogP contribution >= 0.6 is 22.6 Å². The van der Waals surface area contributed by atoms with Gasteiger partial charge >= 0.3 is 12.0 Å². The minimum Gasteiger partial charge on any atom is -0.481 e. The van der Waals surface area contributed by atoms with Crippen LogP contribution < -0.4 is 15.4 Å². The molecule has 1 aromatic carbocycles. The molecule has 0 atom stereocenters. The number of carboxylic acids is 1. The minimum atomic E-state index is -1.06. The Morgan fingerprint density at radius 3 is 2.65 bits per heavy atom. The fourth-order valence-corrected chi connectivity index (χ4v) is 2.21. The predicted octanol–water partition coefficient (Wildman–Crippen LogP) is 0.935. The molecule has 3 amide bonds. The number of hydrogen-bond acceptors (Lipinski definition) is 4. The number of benzene rings is 1. The zero-order chi connectivity index (χ0) is 14.7. The summed E-state index contributed by atoms with van der Waals surface area (Å²) in [7, 11) is 0. The van der Waals surface area contributed by atoms with Crippen molar-refractivity contribution in [2.24, 2.45) is 0 Å². The molecule has 1 saturated heterocycles. The van der Waals surface area contributed by atoms with E-state index in [1.165, 1.54) is 6.08 Å². The monoisotopic (exact) mass is 388 g/mol. The summed E-state index contributed by atoms with van der Waals surface area (Å²) in [6, 6.07) is 4.41. The zero-order valence-electron chi connectivity index (χ0n) is 9.97. The molecule has 1 fully saturated rings. The average molecular weight is 388 g/mol. The van der Waals surface area contributed by atoms with E-state index in [1.54, 1.807) is 18.2 Å². The first-order valence-corrected chi connectivity index (χ1v) is 6.52. The number of ether oxygens (including phenoxy) is 1. The number of carbonyl (C=O) groups excluding carboxylic acids is 2. The zero-order valence-corrected chi connectivity index (χ0v) is 12.1. The van der Waals surface area contributed by atoms with Crippen LogP contribution in [-0.4, -0.2) is 29.6 Å². The summed E-state index contributed by atoms with van der Waals surface area (Å²) in [6.45, 7) is -0.422. The number of carbonyl (C=O) groups is 3. The number of halogens is 1. The number of carboxylic acid groups (broad SMARTS) is 1. The van der Waals surface area contributed by atoms with E-state index < -0.39 is 24.5 Å². The molecule has 0 unspecified atom stereocenters. The number of nitrogens with one attached hydrogen (secondary N) is 2. The summed E-state index contributed by atoms with van der Waals surface area (Å²) < 4.78 is 5.78. The molecule has 0 bridgehead atoms.